The van der Waals surface area contributed by atoms with Gasteiger partial charge in [0.15, 0.2) is 0 Å². The van der Waals surface area contributed by atoms with Gasteiger partial charge in [0.1, 0.15) is 0 Å². The predicted octanol–water partition coefficient (Wildman–Crippen LogP) is 11.3. The van der Waals surface area contributed by atoms with Crippen LogP contribution in [0.2, 0.25) is 0 Å². The summed E-state index contributed by atoms with van der Waals surface area (Å²) in [7, 11) is 0. The van der Waals surface area contributed by atoms with Gasteiger partial charge < -0.3 is 14.8 Å². The molecule has 0 fully saturated rings. The van der Waals surface area contributed by atoms with Crippen LogP contribution in [0.4, 0.5) is 11.4 Å². The third kappa shape index (κ3) is 5.15. The van der Waals surface area contributed by atoms with Gasteiger partial charge in [-0.25, -0.2) is 0 Å². The Kier molecular flexibility index (Phi) is 8.19. The molecule has 5 aromatic rings. The van der Waals surface area contributed by atoms with Crippen LogP contribution in [0.25, 0.3) is 27.5 Å². The Morgan fingerprint density at radius 1 is 0.756 bits per heavy atom. The Labute approximate surface area is 267 Å². The summed E-state index contributed by atoms with van der Waals surface area (Å²) in [5.74, 6) is 0. The number of hydrogen-bond donors (Lipinski definition) is 1. The average molecular weight is 588 g/mol. The van der Waals surface area contributed by atoms with Crippen molar-refractivity contribution in [3.8, 4) is 5.69 Å². The molecule has 0 saturated carbocycles. The molecule has 0 amide bonds. The standard InChI is InChI=1S/C42H41N3/c1-7-16-31(17-8-2)44(32(18-9-3)19-10-4)33-24-26-34(27-25-33)45-38-23-15-14-22-35(38)36-28-29-37-39(40(36)45)42(5,6)41(43-37)30-20-12-11-13-21-30/h7-29,41,43H,1,3H2,2,4-6H3/b17-8-,19-10-,31-16+,32-18+. The number of nitrogens with zero attached hydrogens (tertiary/aromatic N) is 2. The second kappa shape index (κ2) is 12.4. The largest absolute Gasteiger partial charge is 0.377 e. The monoisotopic (exact) mass is 587 g/mol. The maximum absolute atomic E-state index is 3.98. The fourth-order valence-corrected chi connectivity index (χ4v) is 6.91. The zero-order valence-electron chi connectivity index (χ0n) is 26.7. The summed E-state index contributed by atoms with van der Waals surface area (Å²) >= 11 is 0. The van der Waals surface area contributed by atoms with Gasteiger partial charge in [0.05, 0.1) is 17.1 Å². The first-order chi connectivity index (χ1) is 21.9. The highest BCUT2D eigenvalue weighted by Crippen LogP contribution is 2.52. The molecule has 6 rings (SSSR count). The quantitative estimate of drug-likeness (QED) is 0.173. The molecule has 0 bridgehead atoms. The van der Waals surface area contributed by atoms with Crippen molar-refractivity contribution in [3.63, 3.8) is 0 Å². The van der Waals surface area contributed by atoms with Crippen molar-refractivity contribution < 1.29 is 0 Å². The second-order valence-corrected chi connectivity index (χ2v) is 12.0. The summed E-state index contributed by atoms with van der Waals surface area (Å²) in [6.45, 7) is 16.8. The van der Waals surface area contributed by atoms with Crippen LogP contribution in [0.5, 0.6) is 0 Å². The van der Waals surface area contributed by atoms with Crippen molar-refractivity contribution >= 4 is 33.2 Å². The van der Waals surface area contributed by atoms with E-state index in [1.165, 1.54) is 38.6 Å². The molecule has 0 spiro atoms. The lowest BCUT2D eigenvalue weighted by Gasteiger charge is -2.29. The molecule has 1 aromatic heterocycles. The van der Waals surface area contributed by atoms with Crippen LogP contribution in [0.1, 0.15) is 44.9 Å². The molecule has 224 valence electrons. The number of rotatable bonds is 9. The summed E-state index contributed by atoms with van der Waals surface area (Å²) < 4.78 is 2.45. The van der Waals surface area contributed by atoms with Crippen LogP contribution in [0.3, 0.4) is 0 Å². The number of fused-ring (bicyclic) bond motifs is 5. The van der Waals surface area contributed by atoms with E-state index in [1.54, 1.807) is 0 Å². The average Bonchev–Trinajstić information content (AvgIpc) is 3.53. The third-order valence-electron chi connectivity index (χ3n) is 8.77. The van der Waals surface area contributed by atoms with E-state index in [2.05, 4.69) is 157 Å². The maximum atomic E-state index is 3.98. The van der Waals surface area contributed by atoms with Crippen molar-refractivity contribution in [2.45, 2.75) is 39.2 Å². The lowest BCUT2D eigenvalue weighted by molar-refractivity contribution is 0.476. The first-order valence-electron chi connectivity index (χ1n) is 15.6. The molecule has 1 N–H and O–H groups in total. The number of nitrogens with one attached hydrogen (secondary N) is 1. The fourth-order valence-electron chi connectivity index (χ4n) is 6.91. The van der Waals surface area contributed by atoms with Gasteiger partial charge in [0, 0.05) is 50.2 Å². The molecule has 0 aliphatic carbocycles. The van der Waals surface area contributed by atoms with Crippen LogP contribution in [0, 0.1) is 0 Å². The topological polar surface area (TPSA) is 20.2 Å². The number of allylic oxidation sites excluding steroid dienone is 8. The Bertz CT molecular complexity index is 1960. The van der Waals surface area contributed by atoms with Crippen molar-refractivity contribution in [2.24, 2.45) is 0 Å². The maximum Gasteiger partial charge on any atom is 0.0606 e. The van der Waals surface area contributed by atoms with E-state index in [4.69, 9.17) is 0 Å². The molecule has 45 heavy (non-hydrogen) atoms. The number of benzene rings is 4. The van der Waals surface area contributed by atoms with E-state index in [0.29, 0.717) is 0 Å². The van der Waals surface area contributed by atoms with E-state index >= 15 is 0 Å². The predicted molar refractivity (Wildman–Crippen MR) is 195 cm³/mol. The molecule has 2 heterocycles. The zero-order chi connectivity index (χ0) is 31.6. The summed E-state index contributed by atoms with van der Waals surface area (Å²) in [5, 5.41) is 6.42. The Hall–Kier alpha value is -5.28. The molecule has 1 aliphatic heterocycles. The molecule has 1 aliphatic rings. The van der Waals surface area contributed by atoms with E-state index < -0.39 is 0 Å². The molecule has 4 aromatic carbocycles. The van der Waals surface area contributed by atoms with E-state index in [0.717, 1.165) is 22.8 Å². The van der Waals surface area contributed by atoms with Gasteiger partial charge >= 0.3 is 0 Å². The van der Waals surface area contributed by atoms with Crippen molar-refractivity contribution in [2.75, 3.05) is 10.2 Å². The first kappa shape index (κ1) is 29.8. The molecule has 1 atom stereocenters. The molecule has 3 nitrogen and oxygen atoms in total. The normalized spacial score (nSPS) is 16.4. The molecular formula is C42H41N3. The van der Waals surface area contributed by atoms with Crippen LogP contribution in [-0.2, 0) is 5.41 Å². The van der Waals surface area contributed by atoms with E-state index in [1.807, 2.05) is 38.2 Å². The molecule has 1 unspecified atom stereocenters. The number of para-hydroxylation sites is 1. The number of aromatic nitrogens is 1. The van der Waals surface area contributed by atoms with Gasteiger partial charge in [-0.1, -0.05) is 106 Å². The minimum Gasteiger partial charge on any atom is -0.377 e. The summed E-state index contributed by atoms with van der Waals surface area (Å²) in [6.07, 6.45) is 16.0. The van der Waals surface area contributed by atoms with Crippen LogP contribution in [0.15, 0.2) is 164 Å². The third-order valence-corrected chi connectivity index (χ3v) is 8.77. The minimum atomic E-state index is -0.146. The number of hydrogen-bond acceptors (Lipinski definition) is 2. The zero-order valence-corrected chi connectivity index (χ0v) is 26.7. The highest BCUT2D eigenvalue weighted by molar-refractivity contribution is 6.12. The second-order valence-electron chi connectivity index (χ2n) is 12.0. The lowest BCUT2D eigenvalue weighted by Crippen LogP contribution is -2.25. The summed E-state index contributed by atoms with van der Waals surface area (Å²) in [4.78, 5) is 2.23. The molecule has 0 radical (unpaired) electrons. The lowest BCUT2D eigenvalue weighted by atomic mass is 9.77. The van der Waals surface area contributed by atoms with Crippen molar-refractivity contribution in [1.82, 2.24) is 4.57 Å². The Morgan fingerprint density at radius 2 is 1.38 bits per heavy atom. The summed E-state index contributed by atoms with van der Waals surface area (Å²) in [6, 6.07) is 33.2. The molecular weight excluding hydrogens is 546 g/mol. The van der Waals surface area contributed by atoms with Crippen molar-refractivity contribution in [1.29, 1.82) is 0 Å². The van der Waals surface area contributed by atoms with Gasteiger partial charge in [-0.3, -0.25) is 0 Å². The van der Waals surface area contributed by atoms with Gasteiger partial charge in [0.25, 0.3) is 0 Å². The minimum absolute atomic E-state index is 0.146. The van der Waals surface area contributed by atoms with Crippen LogP contribution < -0.4 is 10.2 Å². The summed E-state index contributed by atoms with van der Waals surface area (Å²) in [5.41, 5.74) is 10.4. The molecule has 0 saturated heterocycles. The van der Waals surface area contributed by atoms with Crippen LogP contribution in [-0.4, -0.2) is 4.57 Å². The van der Waals surface area contributed by atoms with Crippen LogP contribution >= 0.6 is 0 Å². The number of anilines is 2. The Balaban J connectivity index is 1.56. The molecule has 3 heteroatoms. The smallest absolute Gasteiger partial charge is 0.0606 e. The van der Waals surface area contributed by atoms with Gasteiger partial charge in [-0.05, 0) is 80.1 Å². The van der Waals surface area contributed by atoms with E-state index in [-0.39, 0.29) is 11.5 Å². The van der Waals surface area contributed by atoms with E-state index in [9.17, 15) is 0 Å². The first-order valence-corrected chi connectivity index (χ1v) is 15.6. The Morgan fingerprint density at radius 3 is 2.00 bits per heavy atom. The fraction of sp³-hybridized carbons (Fsp3) is 0.143. The van der Waals surface area contributed by atoms with Gasteiger partial charge in [-0.15, -0.1) is 0 Å². The van der Waals surface area contributed by atoms with Gasteiger partial charge in [0.2, 0.25) is 0 Å². The SMILES string of the molecule is C=C/C=C(\C=C/C)N(C(/C=C\C)=C/C=C)c1ccc(-n2c3ccccc3c3ccc4c(c32)C(C)(C)C(c2ccccc2)N4)cc1. The highest BCUT2D eigenvalue weighted by atomic mass is 15.2. The highest BCUT2D eigenvalue weighted by Gasteiger charge is 2.42. The van der Waals surface area contributed by atoms with Crippen molar-refractivity contribution in [3.05, 3.63) is 175 Å². The van der Waals surface area contributed by atoms with Gasteiger partial charge in [-0.2, -0.15) is 0 Å².